The van der Waals surface area contributed by atoms with Crippen molar-refractivity contribution < 1.29 is 19.0 Å². The number of pyridine rings is 1. The Morgan fingerprint density at radius 1 is 1.33 bits per heavy atom. The summed E-state index contributed by atoms with van der Waals surface area (Å²) in [5.74, 6) is -1.90. The minimum Gasteiger partial charge on any atom is -0.494 e. The molecule has 0 saturated carbocycles. The molecule has 0 aliphatic heterocycles. The molecule has 2 rings (SSSR count). The molecule has 1 aromatic carbocycles. The van der Waals surface area contributed by atoms with Gasteiger partial charge in [0.15, 0.2) is 17.7 Å². The van der Waals surface area contributed by atoms with Crippen LogP contribution < -0.4 is 10.3 Å². The van der Waals surface area contributed by atoms with Crippen molar-refractivity contribution in [1.82, 2.24) is 4.57 Å². The molecule has 0 spiro atoms. The lowest BCUT2D eigenvalue weighted by atomic mass is 9.99. The van der Waals surface area contributed by atoms with E-state index in [0.717, 1.165) is 4.57 Å². The highest BCUT2D eigenvalue weighted by atomic mass is 19.1. The van der Waals surface area contributed by atoms with Gasteiger partial charge in [-0.1, -0.05) is 26.0 Å². The quantitative estimate of drug-likeness (QED) is 0.786. The molecule has 0 aliphatic rings. The van der Waals surface area contributed by atoms with Gasteiger partial charge in [0.25, 0.3) is 5.56 Å². The lowest BCUT2D eigenvalue weighted by Gasteiger charge is -2.19. The summed E-state index contributed by atoms with van der Waals surface area (Å²) < 4.78 is 20.2. The Balaban J connectivity index is 2.53. The number of carbonyl (C=O) groups is 1. The van der Waals surface area contributed by atoms with Gasteiger partial charge >= 0.3 is 0 Å². The number of halogens is 1. The molecule has 1 heterocycles. The number of ketones is 1. The molecule has 6 nitrogen and oxygen atoms in total. The SMILES string of the molecule is Cc1c(C(=O)C(C)Oc2ccccc2F)c(O)n(CC(C)C)c(=O)c1C#N. The van der Waals surface area contributed by atoms with Gasteiger partial charge in [0, 0.05) is 6.54 Å². The van der Waals surface area contributed by atoms with Crippen molar-refractivity contribution in [2.24, 2.45) is 5.92 Å². The number of carbonyl (C=O) groups excluding carboxylic acids is 1. The van der Waals surface area contributed by atoms with Crippen LogP contribution in [0.1, 0.15) is 42.3 Å². The Kier molecular flexibility index (Phi) is 6.01. The van der Waals surface area contributed by atoms with Gasteiger partial charge in [-0.2, -0.15) is 5.26 Å². The maximum absolute atomic E-state index is 13.8. The number of hydrogen-bond donors (Lipinski definition) is 1. The number of nitrogens with zero attached hydrogens (tertiary/aromatic N) is 2. The molecule has 1 N–H and O–H groups in total. The molecule has 0 radical (unpaired) electrons. The van der Waals surface area contributed by atoms with Gasteiger partial charge in [-0.25, -0.2) is 4.39 Å². The molecule has 1 unspecified atom stereocenters. The summed E-state index contributed by atoms with van der Waals surface area (Å²) in [5.41, 5.74) is -0.958. The molecule has 7 heteroatoms. The minimum atomic E-state index is -1.14. The molecule has 142 valence electrons. The molecule has 0 bridgehead atoms. The Morgan fingerprint density at radius 3 is 2.52 bits per heavy atom. The van der Waals surface area contributed by atoms with Crippen molar-refractivity contribution in [2.75, 3.05) is 0 Å². The monoisotopic (exact) mass is 372 g/mol. The molecule has 0 saturated heterocycles. The third-order valence-electron chi connectivity index (χ3n) is 4.10. The molecule has 27 heavy (non-hydrogen) atoms. The predicted molar refractivity (Wildman–Crippen MR) is 97.5 cm³/mol. The number of aromatic nitrogens is 1. The van der Waals surface area contributed by atoms with Crippen molar-refractivity contribution in [3.8, 4) is 17.7 Å². The standard InChI is InChI=1S/C20H21FN2O4/c1-11(2)10-23-19(25)14(9-22)12(3)17(20(23)26)18(24)13(4)27-16-8-6-5-7-15(16)21/h5-8,11,13,26H,10H2,1-4H3. The van der Waals surface area contributed by atoms with Gasteiger partial charge in [-0.15, -0.1) is 0 Å². The van der Waals surface area contributed by atoms with E-state index in [1.807, 2.05) is 13.8 Å². The molecule has 2 aromatic rings. The highest BCUT2D eigenvalue weighted by Crippen LogP contribution is 2.26. The second-order valence-electron chi connectivity index (χ2n) is 6.67. The highest BCUT2D eigenvalue weighted by molar-refractivity contribution is 6.03. The summed E-state index contributed by atoms with van der Waals surface area (Å²) in [5, 5.41) is 19.9. The van der Waals surface area contributed by atoms with E-state index in [0.29, 0.717) is 0 Å². The Hall–Kier alpha value is -3.14. The Morgan fingerprint density at radius 2 is 1.96 bits per heavy atom. The van der Waals surface area contributed by atoms with Gasteiger partial charge in [0.2, 0.25) is 11.7 Å². The van der Waals surface area contributed by atoms with E-state index >= 15 is 0 Å². The van der Waals surface area contributed by atoms with Crippen LogP contribution in [0.25, 0.3) is 0 Å². The fourth-order valence-electron chi connectivity index (χ4n) is 2.77. The van der Waals surface area contributed by atoms with Crippen LogP contribution in [-0.2, 0) is 6.54 Å². The number of hydrogen-bond acceptors (Lipinski definition) is 5. The fourth-order valence-corrected chi connectivity index (χ4v) is 2.77. The molecule has 1 aromatic heterocycles. The van der Waals surface area contributed by atoms with Gasteiger partial charge in [-0.3, -0.25) is 14.2 Å². The molecular formula is C20H21FN2O4. The number of nitriles is 1. The van der Waals surface area contributed by atoms with Crippen molar-refractivity contribution in [2.45, 2.75) is 40.3 Å². The summed E-state index contributed by atoms with van der Waals surface area (Å²) in [7, 11) is 0. The zero-order chi connectivity index (χ0) is 20.3. The number of aromatic hydroxyl groups is 1. The van der Waals surface area contributed by atoms with Crippen LogP contribution in [0, 0.1) is 30.0 Å². The van der Waals surface area contributed by atoms with Crippen LogP contribution >= 0.6 is 0 Å². The molecular weight excluding hydrogens is 351 g/mol. The topological polar surface area (TPSA) is 92.3 Å². The van der Waals surface area contributed by atoms with E-state index in [9.17, 15) is 24.3 Å². The van der Waals surface area contributed by atoms with E-state index in [2.05, 4.69) is 0 Å². The first-order valence-corrected chi connectivity index (χ1v) is 8.50. The lowest BCUT2D eigenvalue weighted by molar-refractivity contribution is 0.0806. The van der Waals surface area contributed by atoms with E-state index in [1.165, 1.54) is 32.0 Å². The zero-order valence-corrected chi connectivity index (χ0v) is 15.6. The molecule has 0 aliphatic carbocycles. The van der Waals surface area contributed by atoms with Gasteiger partial charge in [0.05, 0.1) is 5.56 Å². The first-order valence-electron chi connectivity index (χ1n) is 8.50. The van der Waals surface area contributed by atoms with Crippen LogP contribution in [0.3, 0.4) is 0 Å². The Labute approximate surface area is 156 Å². The first-order chi connectivity index (χ1) is 12.7. The second-order valence-corrected chi connectivity index (χ2v) is 6.67. The average Bonchev–Trinajstić information content (AvgIpc) is 2.60. The first kappa shape index (κ1) is 20.2. The highest BCUT2D eigenvalue weighted by Gasteiger charge is 2.28. The van der Waals surface area contributed by atoms with Gasteiger partial charge < -0.3 is 9.84 Å². The van der Waals surface area contributed by atoms with Crippen molar-refractivity contribution in [3.63, 3.8) is 0 Å². The van der Waals surface area contributed by atoms with Gasteiger partial charge in [0.1, 0.15) is 11.6 Å². The fraction of sp³-hybridized carbons (Fsp3) is 0.350. The summed E-state index contributed by atoms with van der Waals surface area (Å²) in [6, 6.07) is 7.44. The lowest BCUT2D eigenvalue weighted by Crippen LogP contribution is -2.31. The van der Waals surface area contributed by atoms with Gasteiger partial charge in [-0.05, 0) is 37.5 Å². The van der Waals surface area contributed by atoms with Crippen molar-refractivity contribution >= 4 is 5.78 Å². The number of Topliss-reactive ketones (excluding diaryl/α,β-unsaturated/α-hetero) is 1. The van der Waals surface area contributed by atoms with Crippen molar-refractivity contribution in [1.29, 1.82) is 5.26 Å². The van der Waals surface area contributed by atoms with E-state index in [-0.39, 0.29) is 34.9 Å². The summed E-state index contributed by atoms with van der Waals surface area (Å²) in [6.07, 6.45) is -1.14. The van der Waals surface area contributed by atoms with Crippen LogP contribution in [0.4, 0.5) is 4.39 Å². The zero-order valence-electron chi connectivity index (χ0n) is 15.6. The van der Waals surface area contributed by atoms with Crippen LogP contribution in [0.15, 0.2) is 29.1 Å². The molecule has 0 fully saturated rings. The van der Waals surface area contributed by atoms with Crippen LogP contribution in [0.2, 0.25) is 0 Å². The maximum atomic E-state index is 13.8. The minimum absolute atomic E-state index is 0.00195. The average molecular weight is 372 g/mol. The normalized spacial score (nSPS) is 11.9. The van der Waals surface area contributed by atoms with E-state index in [1.54, 1.807) is 12.1 Å². The number of para-hydroxylation sites is 1. The summed E-state index contributed by atoms with van der Waals surface area (Å²) in [6.45, 7) is 6.65. The summed E-state index contributed by atoms with van der Waals surface area (Å²) >= 11 is 0. The predicted octanol–water partition coefficient (Wildman–Crippen LogP) is 3.18. The number of benzene rings is 1. The summed E-state index contributed by atoms with van der Waals surface area (Å²) in [4.78, 5) is 25.3. The van der Waals surface area contributed by atoms with Crippen LogP contribution in [0.5, 0.6) is 11.6 Å². The number of rotatable bonds is 6. The van der Waals surface area contributed by atoms with E-state index in [4.69, 9.17) is 4.74 Å². The smallest absolute Gasteiger partial charge is 0.271 e. The van der Waals surface area contributed by atoms with Crippen LogP contribution in [-0.4, -0.2) is 21.6 Å². The number of ether oxygens (including phenoxy) is 1. The molecule has 0 amide bonds. The third-order valence-corrected chi connectivity index (χ3v) is 4.10. The largest absolute Gasteiger partial charge is 0.494 e. The third kappa shape index (κ3) is 4.00. The Bertz CT molecular complexity index is 973. The van der Waals surface area contributed by atoms with E-state index < -0.39 is 29.1 Å². The molecule has 1 atom stereocenters. The van der Waals surface area contributed by atoms with Crippen molar-refractivity contribution in [3.05, 3.63) is 57.1 Å². The second kappa shape index (κ2) is 8.04. The maximum Gasteiger partial charge on any atom is 0.271 e.